The van der Waals surface area contributed by atoms with Crippen molar-refractivity contribution in [1.82, 2.24) is 4.72 Å². The van der Waals surface area contributed by atoms with Gasteiger partial charge < -0.3 is 5.73 Å². The van der Waals surface area contributed by atoms with Crippen molar-refractivity contribution in [1.29, 1.82) is 0 Å². The molecule has 4 nitrogen and oxygen atoms in total. The molecule has 1 unspecified atom stereocenters. The van der Waals surface area contributed by atoms with E-state index >= 15 is 0 Å². The van der Waals surface area contributed by atoms with E-state index in [0.717, 1.165) is 18.4 Å². The average molecular weight is 303 g/mol. The van der Waals surface area contributed by atoms with Crippen LogP contribution < -0.4 is 10.5 Å². The first-order valence-electron chi connectivity index (χ1n) is 6.45. The maximum Gasteiger partial charge on any atom is 0.240 e. The number of nitrogens with one attached hydrogen (secondary N) is 1. The van der Waals surface area contributed by atoms with Gasteiger partial charge in [-0.25, -0.2) is 13.1 Å². The topological polar surface area (TPSA) is 72.2 Å². The van der Waals surface area contributed by atoms with E-state index in [1.165, 1.54) is 12.5 Å². The maximum atomic E-state index is 12.2. The van der Waals surface area contributed by atoms with Gasteiger partial charge in [-0.3, -0.25) is 0 Å². The van der Waals surface area contributed by atoms with E-state index in [2.05, 4.69) is 4.72 Å². The maximum absolute atomic E-state index is 12.2. The number of rotatable bonds is 5. The zero-order chi connectivity index (χ0) is 14.0. The number of halogens is 1. The van der Waals surface area contributed by atoms with Crippen LogP contribution in [0.1, 0.15) is 31.7 Å². The Kier molecular flexibility index (Phi) is 4.50. The van der Waals surface area contributed by atoms with Crippen molar-refractivity contribution in [3.63, 3.8) is 0 Å². The number of hydrogen-bond acceptors (Lipinski definition) is 3. The van der Waals surface area contributed by atoms with E-state index in [-0.39, 0.29) is 10.9 Å². The van der Waals surface area contributed by atoms with Gasteiger partial charge in [-0.1, -0.05) is 24.1 Å². The molecule has 3 N–H and O–H groups in total. The monoisotopic (exact) mass is 302 g/mol. The Morgan fingerprint density at radius 1 is 1.47 bits per heavy atom. The molecular formula is C13H19ClN2O2S. The third-order valence-corrected chi connectivity index (χ3v) is 5.66. The van der Waals surface area contributed by atoms with Crippen LogP contribution in [0.5, 0.6) is 0 Å². The first-order chi connectivity index (χ1) is 8.94. The largest absolute Gasteiger partial charge is 0.326 e. The number of hydrogen-bond donors (Lipinski definition) is 2. The molecule has 1 saturated carbocycles. The van der Waals surface area contributed by atoms with Gasteiger partial charge in [-0.2, -0.15) is 0 Å². The molecule has 2 rings (SSSR count). The Balaban J connectivity index is 2.16. The molecule has 19 heavy (non-hydrogen) atoms. The second-order valence-electron chi connectivity index (χ2n) is 5.06. The standard InChI is InChI=1S/C13H19ClN2O2S/c1-9(10-3-2-4-10)16-19(17,18)12-6-5-11(8-15)13(14)7-12/h5-7,9-10,16H,2-4,8,15H2,1H3. The Hall–Kier alpha value is -0.620. The number of sulfonamides is 1. The van der Waals surface area contributed by atoms with Gasteiger partial charge in [-0.05, 0) is 43.4 Å². The lowest BCUT2D eigenvalue weighted by Crippen LogP contribution is -2.40. The van der Waals surface area contributed by atoms with Gasteiger partial charge >= 0.3 is 0 Å². The first kappa shape index (κ1) is 14.8. The highest BCUT2D eigenvalue weighted by Gasteiger charge is 2.28. The van der Waals surface area contributed by atoms with E-state index in [1.807, 2.05) is 6.92 Å². The van der Waals surface area contributed by atoms with Crippen LogP contribution >= 0.6 is 11.6 Å². The van der Waals surface area contributed by atoms with E-state index in [0.29, 0.717) is 17.5 Å². The van der Waals surface area contributed by atoms with Crippen LogP contribution in [0.25, 0.3) is 0 Å². The summed E-state index contributed by atoms with van der Waals surface area (Å²) in [7, 11) is -3.50. The summed E-state index contributed by atoms with van der Waals surface area (Å²) in [6.07, 6.45) is 3.38. The smallest absolute Gasteiger partial charge is 0.240 e. The second-order valence-corrected chi connectivity index (χ2v) is 7.18. The first-order valence-corrected chi connectivity index (χ1v) is 8.31. The average Bonchev–Trinajstić information content (AvgIpc) is 2.25. The highest BCUT2D eigenvalue weighted by atomic mass is 35.5. The van der Waals surface area contributed by atoms with E-state index in [4.69, 9.17) is 17.3 Å². The molecule has 0 bridgehead atoms. The molecule has 1 aliphatic rings. The van der Waals surface area contributed by atoms with E-state index < -0.39 is 10.0 Å². The normalized spacial score (nSPS) is 18.1. The van der Waals surface area contributed by atoms with Crippen molar-refractivity contribution < 1.29 is 8.42 Å². The van der Waals surface area contributed by atoms with Gasteiger partial charge in [0.15, 0.2) is 0 Å². The lowest BCUT2D eigenvalue weighted by atomic mass is 9.81. The Labute approximate surface area is 119 Å². The van der Waals surface area contributed by atoms with Crippen LogP contribution in [0.4, 0.5) is 0 Å². The summed E-state index contributed by atoms with van der Waals surface area (Å²) in [5, 5.41) is 0.390. The second kappa shape index (κ2) is 5.79. The van der Waals surface area contributed by atoms with Crippen molar-refractivity contribution in [3.05, 3.63) is 28.8 Å². The molecule has 1 aliphatic carbocycles. The van der Waals surface area contributed by atoms with Crippen molar-refractivity contribution >= 4 is 21.6 Å². The third kappa shape index (κ3) is 3.28. The molecule has 0 heterocycles. The minimum atomic E-state index is -3.50. The summed E-state index contributed by atoms with van der Waals surface area (Å²) in [5.41, 5.74) is 6.25. The van der Waals surface area contributed by atoms with Crippen molar-refractivity contribution in [2.75, 3.05) is 0 Å². The molecule has 1 fully saturated rings. The van der Waals surface area contributed by atoms with Crippen molar-refractivity contribution in [2.24, 2.45) is 11.7 Å². The predicted octanol–water partition coefficient (Wildman–Crippen LogP) is 2.27. The van der Waals surface area contributed by atoms with Crippen LogP contribution in [0.3, 0.4) is 0 Å². The molecule has 0 radical (unpaired) electrons. The van der Waals surface area contributed by atoms with Gasteiger partial charge in [0.05, 0.1) is 4.90 Å². The molecule has 1 aromatic carbocycles. The van der Waals surface area contributed by atoms with Crippen LogP contribution in [0, 0.1) is 5.92 Å². The molecule has 0 saturated heterocycles. The molecular weight excluding hydrogens is 284 g/mol. The fourth-order valence-corrected chi connectivity index (χ4v) is 3.87. The van der Waals surface area contributed by atoms with Crippen LogP contribution in [0.15, 0.2) is 23.1 Å². The fraction of sp³-hybridized carbons (Fsp3) is 0.538. The summed E-state index contributed by atoms with van der Waals surface area (Å²) >= 11 is 6.00. The molecule has 0 amide bonds. The van der Waals surface area contributed by atoms with Crippen LogP contribution in [-0.2, 0) is 16.6 Å². The van der Waals surface area contributed by atoms with E-state index in [9.17, 15) is 8.42 Å². The zero-order valence-corrected chi connectivity index (χ0v) is 12.5. The summed E-state index contributed by atoms with van der Waals surface area (Å²) in [6, 6.07) is 4.63. The highest BCUT2D eigenvalue weighted by Crippen LogP contribution is 2.30. The minimum Gasteiger partial charge on any atom is -0.326 e. The molecule has 1 atom stereocenters. The number of nitrogens with two attached hydrogens (primary N) is 1. The summed E-state index contributed by atoms with van der Waals surface area (Å²) < 4.78 is 27.2. The van der Waals surface area contributed by atoms with Crippen LogP contribution in [0.2, 0.25) is 5.02 Å². The van der Waals surface area contributed by atoms with Crippen molar-refractivity contribution in [3.8, 4) is 0 Å². The summed E-state index contributed by atoms with van der Waals surface area (Å²) in [4.78, 5) is 0.195. The van der Waals surface area contributed by atoms with E-state index in [1.54, 1.807) is 12.1 Å². The van der Waals surface area contributed by atoms with Gasteiger partial charge in [0.1, 0.15) is 0 Å². The van der Waals surface area contributed by atoms with Gasteiger partial charge in [0.2, 0.25) is 10.0 Å². The Bertz CT molecular complexity index is 556. The molecule has 6 heteroatoms. The zero-order valence-electron chi connectivity index (χ0n) is 10.9. The Morgan fingerprint density at radius 3 is 2.63 bits per heavy atom. The van der Waals surface area contributed by atoms with Crippen molar-refractivity contribution in [2.45, 2.75) is 43.7 Å². The SMILES string of the molecule is CC(NS(=O)(=O)c1ccc(CN)c(Cl)c1)C1CCC1. The molecule has 0 aromatic heterocycles. The summed E-state index contributed by atoms with van der Waals surface area (Å²) in [6.45, 7) is 2.21. The Morgan fingerprint density at radius 2 is 2.16 bits per heavy atom. The molecule has 106 valence electrons. The van der Waals surface area contributed by atoms with Crippen LogP contribution in [-0.4, -0.2) is 14.5 Å². The lowest BCUT2D eigenvalue weighted by molar-refractivity contribution is 0.260. The third-order valence-electron chi connectivity index (χ3n) is 3.75. The van der Waals surface area contributed by atoms with Gasteiger partial charge in [0.25, 0.3) is 0 Å². The lowest BCUT2D eigenvalue weighted by Gasteiger charge is -2.31. The quantitative estimate of drug-likeness (QED) is 0.876. The van der Waals surface area contributed by atoms with Gasteiger partial charge in [0, 0.05) is 17.6 Å². The molecule has 0 aliphatic heterocycles. The minimum absolute atomic E-state index is 0.0355. The predicted molar refractivity (Wildman–Crippen MR) is 76.5 cm³/mol. The molecule has 1 aromatic rings. The fourth-order valence-electron chi connectivity index (χ4n) is 2.21. The molecule has 0 spiro atoms. The summed E-state index contributed by atoms with van der Waals surface area (Å²) in [5.74, 6) is 0.452. The number of benzene rings is 1. The van der Waals surface area contributed by atoms with Gasteiger partial charge in [-0.15, -0.1) is 0 Å². The highest BCUT2D eigenvalue weighted by molar-refractivity contribution is 7.89.